The predicted molar refractivity (Wildman–Crippen MR) is 125 cm³/mol. The first-order valence-electron chi connectivity index (χ1n) is 11.7. The predicted octanol–water partition coefficient (Wildman–Crippen LogP) is 3.30. The van der Waals surface area contributed by atoms with Gasteiger partial charge < -0.3 is 25.2 Å². The van der Waals surface area contributed by atoms with Gasteiger partial charge in [0.05, 0.1) is 12.5 Å². The Balaban J connectivity index is 1.35. The summed E-state index contributed by atoms with van der Waals surface area (Å²) >= 11 is 0. The molecule has 1 aliphatic carbocycles. The molecule has 1 heterocycles. The fourth-order valence-corrected chi connectivity index (χ4v) is 4.73. The number of carboxylic acids is 1. The molecule has 4 rings (SSSR count). The minimum atomic E-state index is -1.23. The number of carboxylic acid groups (broad SMARTS) is 1. The standard InChI is InChI=1S/C26H30N2O6/c1-16(23-11-6-12-33-23)14-27-25(31)22(13-24(29)30)28-26(32)34-15-21-19-9-4-2-7-17(19)18-8-3-5-10-20(18)21/h2-5,7-10,16,21-23H,6,11-15H2,1H3,(H,27,31)(H,28,32)(H,29,30). The van der Waals surface area contributed by atoms with Crippen molar-refractivity contribution in [3.05, 3.63) is 59.7 Å². The van der Waals surface area contributed by atoms with Crippen molar-refractivity contribution < 1.29 is 29.0 Å². The quantitative estimate of drug-likeness (QED) is 0.523. The molecular formula is C26H30N2O6. The second kappa shape index (κ2) is 10.7. The number of rotatable bonds is 9. The van der Waals surface area contributed by atoms with Gasteiger partial charge in [-0.25, -0.2) is 4.79 Å². The third kappa shape index (κ3) is 5.39. The molecule has 1 fully saturated rings. The zero-order chi connectivity index (χ0) is 24.1. The molecular weight excluding hydrogens is 436 g/mol. The minimum Gasteiger partial charge on any atom is -0.481 e. The Morgan fingerprint density at radius 1 is 1.09 bits per heavy atom. The maximum absolute atomic E-state index is 12.6. The number of fused-ring (bicyclic) bond motifs is 3. The molecule has 0 bridgehead atoms. The minimum absolute atomic E-state index is 0.0771. The van der Waals surface area contributed by atoms with Crippen molar-refractivity contribution in [2.45, 2.75) is 44.2 Å². The fourth-order valence-electron chi connectivity index (χ4n) is 4.73. The van der Waals surface area contributed by atoms with E-state index in [4.69, 9.17) is 9.47 Å². The summed E-state index contributed by atoms with van der Waals surface area (Å²) in [6, 6.07) is 14.7. The Kier molecular flexibility index (Phi) is 7.47. The first-order valence-corrected chi connectivity index (χ1v) is 11.7. The van der Waals surface area contributed by atoms with E-state index in [2.05, 4.69) is 10.6 Å². The Morgan fingerprint density at radius 2 is 1.74 bits per heavy atom. The summed E-state index contributed by atoms with van der Waals surface area (Å²) < 4.78 is 11.1. The Bertz CT molecular complexity index is 1000. The van der Waals surface area contributed by atoms with Crippen molar-refractivity contribution in [3.63, 3.8) is 0 Å². The Labute approximate surface area is 198 Å². The summed E-state index contributed by atoms with van der Waals surface area (Å²) in [6.07, 6.45) is 0.648. The summed E-state index contributed by atoms with van der Waals surface area (Å²) in [6.45, 7) is 3.11. The lowest BCUT2D eigenvalue weighted by Crippen LogP contribution is -2.49. The fraction of sp³-hybridized carbons (Fsp3) is 0.423. The number of nitrogens with one attached hydrogen (secondary N) is 2. The number of hydrogen-bond acceptors (Lipinski definition) is 5. The molecule has 3 N–H and O–H groups in total. The molecule has 2 aromatic carbocycles. The molecule has 2 aromatic rings. The molecule has 180 valence electrons. The number of carbonyl (C=O) groups excluding carboxylic acids is 2. The highest BCUT2D eigenvalue weighted by atomic mass is 16.5. The normalized spacial score (nSPS) is 18.4. The van der Waals surface area contributed by atoms with E-state index >= 15 is 0 Å². The SMILES string of the molecule is CC(CNC(=O)C(CC(=O)O)NC(=O)OCC1c2ccccc2-c2ccccc21)C1CCCO1. The van der Waals surface area contributed by atoms with Crippen LogP contribution in [0.5, 0.6) is 0 Å². The molecule has 3 unspecified atom stereocenters. The average molecular weight is 467 g/mol. The lowest BCUT2D eigenvalue weighted by atomic mass is 9.98. The number of hydrogen-bond donors (Lipinski definition) is 3. The van der Waals surface area contributed by atoms with Crippen molar-refractivity contribution in [1.82, 2.24) is 10.6 Å². The van der Waals surface area contributed by atoms with Crippen LogP contribution in [0, 0.1) is 5.92 Å². The van der Waals surface area contributed by atoms with E-state index in [1.807, 2.05) is 55.5 Å². The van der Waals surface area contributed by atoms with Gasteiger partial charge in [-0.3, -0.25) is 9.59 Å². The van der Waals surface area contributed by atoms with Crippen LogP contribution in [0.2, 0.25) is 0 Å². The number of carbonyl (C=O) groups is 3. The van der Waals surface area contributed by atoms with Crippen molar-refractivity contribution in [3.8, 4) is 11.1 Å². The highest BCUT2D eigenvalue weighted by Crippen LogP contribution is 2.44. The molecule has 0 radical (unpaired) electrons. The molecule has 0 aromatic heterocycles. The van der Waals surface area contributed by atoms with E-state index in [-0.39, 0.29) is 24.5 Å². The van der Waals surface area contributed by atoms with Gasteiger partial charge >= 0.3 is 12.1 Å². The van der Waals surface area contributed by atoms with E-state index in [0.717, 1.165) is 35.1 Å². The van der Waals surface area contributed by atoms with Crippen LogP contribution in [0.3, 0.4) is 0 Å². The van der Waals surface area contributed by atoms with Crippen molar-refractivity contribution >= 4 is 18.0 Å². The molecule has 0 spiro atoms. The van der Waals surface area contributed by atoms with Gasteiger partial charge in [-0.1, -0.05) is 55.5 Å². The first-order chi connectivity index (χ1) is 16.4. The topological polar surface area (TPSA) is 114 Å². The maximum Gasteiger partial charge on any atom is 0.407 e. The number of amides is 2. The second-order valence-corrected chi connectivity index (χ2v) is 8.89. The van der Waals surface area contributed by atoms with Crippen LogP contribution in [-0.2, 0) is 19.1 Å². The largest absolute Gasteiger partial charge is 0.481 e. The van der Waals surface area contributed by atoms with Crippen LogP contribution in [0.1, 0.15) is 43.2 Å². The molecule has 2 amide bonds. The Hall–Kier alpha value is -3.39. The van der Waals surface area contributed by atoms with Gasteiger partial charge in [0.25, 0.3) is 0 Å². The Morgan fingerprint density at radius 3 is 2.32 bits per heavy atom. The molecule has 2 aliphatic rings. The average Bonchev–Trinajstić information content (AvgIpc) is 3.47. The summed E-state index contributed by atoms with van der Waals surface area (Å²) in [4.78, 5) is 36.5. The van der Waals surface area contributed by atoms with Crippen LogP contribution >= 0.6 is 0 Å². The highest BCUT2D eigenvalue weighted by Gasteiger charge is 2.31. The highest BCUT2D eigenvalue weighted by molar-refractivity contribution is 5.89. The zero-order valence-electron chi connectivity index (χ0n) is 19.2. The van der Waals surface area contributed by atoms with E-state index in [1.54, 1.807) is 0 Å². The zero-order valence-corrected chi connectivity index (χ0v) is 19.2. The molecule has 1 aliphatic heterocycles. The molecule has 3 atom stereocenters. The van der Waals surface area contributed by atoms with Crippen molar-refractivity contribution in [2.24, 2.45) is 5.92 Å². The monoisotopic (exact) mass is 466 g/mol. The summed E-state index contributed by atoms with van der Waals surface area (Å²) in [5.41, 5.74) is 4.35. The van der Waals surface area contributed by atoms with Gasteiger partial charge in [-0.15, -0.1) is 0 Å². The summed E-state index contributed by atoms with van der Waals surface area (Å²) in [7, 11) is 0. The van der Waals surface area contributed by atoms with Gasteiger partial charge in [0.15, 0.2) is 0 Å². The number of ether oxygens (including phenoxy) is 2. The van der Waals surface area contributed by atoms with Gasteiger partial charge in [-0.05, 0) is 41.0 Å². The summed E-state index contributed by atoms with van der Waals surface area (Å²) in [5.74, 6) is -1.78. The van der Waals surface area contributed by atoms with Crippen molar-refractivity contribution in [1.29, 1.82) is 0 Å². The lowest BCUT2D eigenvalue weighted by molar-refractivity contribution is -0.139. The van der Waals surface area contributed by atoms with Gasteiger partial charge in [0.1, 0.15) is 12.6 Å². The van der Waals surface area contributed by atoms with Crippen molar-refractivity contribution in [2.75, 3.05) is 19.8 Å². The third-order valence-electron chi connectivity index (χ3n) is 6.53. The molecule has 1 saturated heterocycles. The van der Waals surface area contributed by atoms with Gasteiger partial charge in [0, 0.05) is 19.1 Å². The molecule has 0 saturated carbocycles. The first kappa shape index (κ1) is 23.8. The molecule has 8 nitrogen and oxygen atoms in total. The number of alkyl carbamates (subject to hydrolysis) is 1. The lowest BCUT2D eigenvalue weighted by Gasteiger charge is -2.22. The van der Waals surface area contributed by atoms with E-state index in [1.165, 1.54) is 0 Å². The number of aliphatic carboxylic acids is 1. The van der Waals surface area contributed by atoms with Gasteiger partial charge in [-0.2, -0.15) is 0 Å². The maximum atomic E-state index is 12.6. The van der Waals surface area contributed by atoms with Gasteiger partial charge in [0.2, 0.25) is 5.91 Å². The second-order valence-electron chi connectivity index (χ2n) is 8.89. The molecule has 8 heteroatoms. The van der Waals surface area contributed by atoms with E-state index in [9.17, 15) is 19.5 Å². The third-order valence-corrected chi connectivity index (χ3v) is 6.53. The molecule has 34 heavy (non-hydrogen) atoms. The van der Waals surface area contributed by atoms with E-state index in [0.29, 0.717) is 13.2 Å². The van der Waals surface area contributed by atoms with E-state index < -0.39 is 30.4 Å². The van der Waals surface area contributed by atoms with Crippen LogP contribution in [0.25, 0.3) is 11.1 Å². The number of benzene rings is 2. The summed E-state index contributed by atoms with van der Waals surface area (Å²) in [5, 5.41) is 14.4. The van der Waals surface area contributed by atoms with Crippen LogP contribution in [-0.4, -0.2) is 55.0 Å². The van der Waals surface area contributed by atoms with Crippen LogP contribution in [0.15, 0.2) is 48.5 Å². The van der Waals surface area contributed by atoms with Crippen LogP contribution in [0.4, 0.5) is 4.79 Å². The smallest absolute Gasteiger partial charge is 0.407 e. The van der Waals surface area contributed by atoms with Crippen LogP contribution < -0.4 is 10.6 Å².